The van der Waals surface area contributed by atoms with Crippen LogP contribution in [0, 0.1) is 0 Å². The molecule has 134 valence electrons. The van der Waals surface area contributed by atoms with Gasteiger partial charge in [-0.1, -0.05) is 30.3 Å². The van der Waals surface area contributed by atoms with E-state index in [1.54, 1.807) is 6.07 Å². The molecule has 1 saturated heterocycles. The Morgan fingerprint density at radius 2 is 1.96 bits per heavy atom. The van der Waals surface area contributed by atoms with Crippen LogP contribution >= 0.6 is 0 Å². The minimum Gasteiger partial charge on any atom is -0.376 e. The number of aliphatic hydroxyl groups is 1. The van der Waals surface area contributed by atoms with E-state index in [0.29, 0.717) is 19.4 Å². The molecule has 24 heavy (non-hydrogen) atoms. The number of carbonyl (C=O) groups excluding carboxylic acids is 1. The lowest BCUT2D eigenvalue weighted by molar-refractivity contribution is -0.267. The maximum Gasteiger partial charge on any atom is 0.421 e. The average molecular weight is 345 g/mol. The van der Waals surface area contributed by atoms with Crippen LogP contribution in [0.2, 0.25) is 0 Å². The van der Waals surface area contributed by atoms with E-state index in [4.69, 9.17) is 4.74 Å². The molecule has 2 atom stereocenters. The van der Waals surface area contributed by atoms with Gasteiger partial charge in [-0.25, -0.2) is 0 Å². The molecule has 0 saturated carbocycles. The summed E-state index contributed by atoms with van der Waals surface area (Å²) >= 11 is 0. The number of amides is 1. The van der Waals surface area contributed by atoms with E-state index in [-0.39, 0.29) is 11.6 Å². The topological polar surface area (TPSA) is 58.6 Å². The second-order valence-corrected chi connectivity index (χ2v) is 6.77. The fourth-order valence-electron chi connectivity index (χ4n) is 2.95. The van der Waals surface area contributed by atoms with Gasteiger partial charge in [-0.15, -0.1) is 0 Å². The molecule has 1 aromatic rings. The maximum atomic E-state index is 13.4. The van der Waals surface area contributed by atoms with Crippen molar-refractivity contribution in [2.24, 2.45) is 0 Å². The van der Waals surface area contributed by atoms with Gasteiger partial charge >= 0.3 is 6.18 Å². The van der Waals surface area contributed by atoms with E-state index in [1.165, 1.54) is 24.3 Å². The van der Waals surface area contributed by atoms with Crippen LogP contribution in [0.1, 0.15) is 38.7 Å². The highest BCUT2D eigenvalue weighted by atomic mass is 19.4. The van der Waals surface area contributed by atoms with Gasteiger partial charge < -0.3 is 15.2 Å². The first-order valence-electron chi connectivity index (χ1n) is 7.81. The highest BCUT2D eigenvalue weighted by Gasteiger charge is 2.56. The first kappa shape index (κ1) is 18.7. The number of benzene rings is 1. The van der Waals surface area contributed by atoms with Crippen molar-refractivity contribution in [2.45, 2.75) is 56.5 Å². The molecule has 2 unspecified atom stereocenters. The molecule has 2 N–H and O–H groups in total. The fraction of sp³-hybridized carbons (Fsp3) is 0.588. The van der Waals surface area contributed by atoms with Crippen LogP contribution in [0.4, 0.5) is 13.2 Å². The summed E-state index contributed by atoms with van der Waals surface area (Å²) in [4.78, 5) is 12.1. The lowest BCUT2D eigenvalue weighted by Gasteiger charge is -2.36. The molecule has 2 rings (SSSR count). The lowest BCUT2D eigenvalue weighted by atomic mass is 9.88. The highest BCUT2D eigenvalue weighted by Crippen LogP contribution is 2.41. The van der Waals surface area contributed by atoms with Crippen molar-refractivity contribution in [3.8, 4) is 0 Å². The summed E-state index contributed by atoms with van der Waals surface area (Å²) in [5.41, 5.74) is -3.99. The number of hydrogen-bond acceptors (Lipinski definition) is 3. The molecular formula is C17H22F3NO3. The van der Waals surface area contributed by atoms with Crippen molar-refractivity contribution in [2.75, 3.05) is 6.61 Å². The SMILES string of the molecule is CC1(C)CC(NC(=O)CC(O)(c2ccccc2)C(F)(F)F)CCO1. The van der Waals surface area contributed by atoms with Gasteiger partial charge in [0.1, 0.15) is 0 Å². The Hall–Kier alpha value is -1.60. The Labute approximate surface area is 139 Å². The molecule has 1 aliphatic heterocycles. The highest BCUT2D eigenvalue weighted by molar-refractivity contribution is 5.77. The van der Waals surface area contributed by atoms with Gasteiger partial charge in [0.05, 0.1) is 12.0 Å². The standard InChI is InChI=1S/C17H22F3NO3/c1-15(2)10-13(8-9-24-15)21-14(22)11-16(23,17(18,19)20)12-6-4-3-5-7-12/h3-7,13,23H,8-11H2,1-2H3,(H,21,22). The molecule has 1 fully saturated rings. The summed E-state index contributed by atoms with van der Waals surface area (Å²) in [6, 6.07) is 6.39. The largest absolute Gasteiger partial charge is 0.421 e. The Bertz CT molecular complexity index is 574. The number of rotatable bonds is 4. The van der Waals surface area contributed by atoms with Crippen LogP contribution in [0.5, 0.6) is 0 Å². The van der Waals surface area contributed by atoms with Gasteiger partial charge in [-0.3, -0.25) is 4.79 Å². The normalized spacial score (nSPS) is 23.3. The molecule has 0 spiro atoms. The summed E-state index contributed by atoms with van der Waals surface area (Å²) in [5.74, 6) is -0.832. The zero-order chi connectivity index (χ0) is 18.0. The second-order valence-electron chi connectivity index (χ2n) is 6.77. The van der Waals surface area contributed by atoms with E-state index in [0.717, 1.165) is 0 Å². The third-order valence-electron chi connectivity index (χ3n) is 4.20. The predicted octanol–water partition coefficient (Wildman–Crippen LogP) is 2.90. The summed E-state index contributed by atoms with van der Waals surface area (Å²) in [7, 11) is 0. The molecule has 0 radical (unpaired) electrons. The lowest BCUT2D eigenvalue weighted by Crippen LogP contribution is -2.50. The summed E-state index contributed by atoms with van der Waals surface area (Å²) < 4.78 is 45.7. The van der Waals surface area contributed by atoms with E-state index >= 15 is 0 Å². The first-order valence-corrected chi connectivity index (χ1v) is 7.81. The van der Waals surface area contributed by atoms with Crippen molar-refractivity contribution in [3.63, 3.8) is 0 Å². The van der Waals surface area contributed by atoms with Crippen LogP contribution in [-0.4, -0.2) is 35.4 Å². The number of nitrogens with one attached hydrogen (secondary N) is 1. The van der Waals surface area contributed by atoms with E-state index < -0.39 is 29.7 Å². The number of alkyl halides is 3. The van der Waals surface area contributed by atoms with Crippen LogP contribution < -0.4 is 5.32 Å². The summed E-state index contributed by atoms with van der Waals surface area (Å²) in [6.07, 6.45) is -4.99. The number of ether oxygens (including phenoxy) is 1. The van der Waals surface area contributed by atoms with Crippen LogP contribution in [0.15, 0.2) is 30.3 Å². The van der Waals surface area contributed by atoms with Gasteiger partial charge in [-0.05, 0) is 32.3 Å². The van der Waals surface area contributed by atoms with Gasteiger partial charge in [0, 0.05) is 12.6 Å². The molecule has 4 nitrogen and oxygen atoms in total. The van der Waals surface area contributed by atoms with Crippen LogP contribution in [-0.2, 0) is 15.1 Å². The average Bonchev–Trinajstić information content (AvgIpc) is 2.45. The van der Waals surface area contributed by atoms with E-state index in [1.807, 2.05) is 13.8 Å². The fourth-order valence-corrected chi connectivity index (χ4v) is 2.95. The van der Waals surface area contributed by atoms with Gasteiger partial charge in [0.2, 0.25) is 5.91 Å². The molecule has 0 aromatic heterocycles. The maximum absolute atomic E-state index is 13.4. The summed E-state index contributed by atoms with van der Waals surface area (Å²) in [5, 5.41) is 12.8. The third-order valence-corrected chi connectivity index (χ3v) is 4.20. The Morgan fingerprint density at radius 3 is 2.50 bits per heavy atom. The molecule has 7 heteroatoms. The molecule has 1 heterocycles. The summed E-state index contributed by atoms with van der Waals surface area (Å²) in [6.45, 7) is 4.16. The minimum absolute atomic E-state index is 0.269. The zero-order valence-corrected chi connectivity index (χ0v) is 13.7. The third kappa shape index (κ3) is 4.27. The molecule has 1 aromatic carbocycles. The zero-order valence-electron chi connectivity index (χ0n) is 13.7. The number of halogens is 3. The van der Waals surface area contributed by atoms with E-state index in [9.17, 15) is 23.1 Å². The monoisotopic (exact) mass is 345 g/mol. The van der Waals surface area contributed by atoms with Crippen molar-refractivity contribution in [3.05, 3.63) is 35.9 Å². The molecule has 1 aliphatic rings. The van der Waals surface area contributed by atoms with Crippen molar-refractivity contribution in [1.82, 2.24) is 5.32 Å². The number of hydrogen-bond donors (Lipinski definition) is 2. The van der Waals surface area contributed by atoms with Crippen molar-refractivity contribution < 1.29 is 27.8 Å². The Balaban J connectivity index is 2.11. The molecule has 1 amide bonds. The van der Waals surface area contributed by atoms with Gasteiger partial charge in [0.15, 0.2) is 5.60 Å². The smallest absolute Gasteiger partial charge is 0.376 e. The van der Waals surface area contributed by atoms with Crippen molar-refractivity contribution in [1.29, 1.82) is 0 Å². The molecule has 0 aliphatic carbocycles. The first-order chi connectivity index (χ1) is 11.0. The quantitative estimate of drug-likeness (QED) is 0.882. The van der Waals surface area contributed by atoms with Crippen molar-refractivity contribution >= 4 is 5.91 Å². The molecule has 0 bridgehead atoms. The Morgan fingerprint density at radius 1 is 1.33 bits per heavy atom. The van der Waals surface area contributed by atoms with Crippen LogP contribution in [0.25, 0.3) is 0 Å². The predicted molar refractivity (Wildman–Crippen MR) is 82.2 cm³/mol. The van der Waals surface area contributed by atoms with Gasteiger partial charge in [0.25, 0.3) is 0 Å². The Kier molecular flexibility index (Phi) is 5.25. The number of carbonyl (C=O) groups is 1. The minimum atomic E-state index is -4.96. The molecular weight excluding hydrogens is 323 g/mol. The van der Waals surface area contributed by atoms with Gasteiger partial charge in [-0.2, -0.15) is 13.2 Å². The van der Waals surface area contributed by atoms with Crippen LogP contribution in [0.3, 0.4) is 0 Å². The van der Waals surface area contributed by atoms with E-state index in [2.05, 4.69) is 5.32 Å². The second kappa shape index (κ2) is 6.72.